The van der Waals surface area contributed by atoms with Crippen molar-refractivity contribution in [2.24, 2.45) is 10.8 Å². The number of benzene rings is 5. The van der Waals surface area contributed by atoms with Crippen LogP contribution in [-0.2, 0) is 10.8 Å². The summed E-state index contributed by atoms with van der Waals surface area (Å²) in [6.07, 6.45) is 1.93. The Morgan fingerprint density at radius 3 is 1.69 bits per heavy atom. The molecule has 5 aromatic carbocycles. The molecule has 8 rings (SSSR count). The monoisotopic (exact) mass is 780 g/mol. The van der Waals surface area contributed by atoms with Gasteiger partial charge in [-0.1, -0.05) is 144 Å². The van der Waals surface area contributed by atoms with E-state index in [1.165, 1.54) is 50.1 Å². The molecular formula is C54H60N4O. The zero-order chi connectivity index (χ0) is 42.1. The van der Waals surface area contributed by atoms with Crippen LogP contribution in [-0.4, -0.2) is 16.2 Å². The van der Waals surface area contributed by atoms with E-state index in [0.717, 1.165) is 34.0 Å². The molecule has 302 valence electrons. The summed E-state index contributed by atoms with van der Waals surface area (Å²) in [4.78, 5) is 9.96. The van der Waals surface area contributed by atoms with Crippen LogP contribution in [0.1, 0.15) is 94.2 Å². The van der Waals surface area contributed by atoms with Crippen LogP contribution in [0.15, 0.2) is 145 Å². The topological polar surface area (TPSA) is 33.5 Å². The van der Waals surface area contributed by atoms with Crippen LogP contribution in [0.3, 0.4) is 0 Å². The summed E-state index contributed by atoms with van der Waals surface area (Å²) in [5.74, 6) is 2.51. The highest BCUT2D eigenvalue weighted by molar-refractivity contribution is 6.09. The second-order valence-electron chi connectivity index (χ2n) is 20.4. The summed E-state index contributed by atoms with van der Waals surface area (Å²) >= 11 is 0. The molecule has 0 aliphatic carbocycles. The van der Waals surface area contributed by atoms with Crippen LogP contribution < -0.4 is 14.5 Å². The van der Waals surface area contributed by atoms with Gasteiger partial charge in [0.25, 0.3) is 0 Å². The van der Waals surface area contributed by atoms with Crippen molar-refractivity contribution >= 4 is 33.2 Å². The molecule has 0 saturated carbocycles. The minimum atomic E-state index is -0.142. The first-order valence-corrected chi connectivity index (χ1v) is 21.1. The highest BCUT2D eigenvalue weighted by Crippen LogP contribution is 2.49. The first-order chi connectivity index (χ1) is 27.8. The maximum absolute atomic E-state index is 6.98. The third-order valence-electron chi connectivity index (χ3n) is 11.5. The predicted octanol–water partition coefficient (Wildman–Crippen LogP) is 14.8. The number of fused-ring (bicyclic) bond motifs is 3. The third-order valence-corrected chi connectivity index (χ3v) is 11.5. The Morgan fingerprint density at radius 2 is 1.05 bits per heavy atom. The molecule has 0 saturated heterocycles. The fraction of sp³-hybridized carbons (Fsp3) is 0.315. The Labute approximate surface area is 352 Å². The SMILES string of the molecule is CC(C)(C)C1=C(C(C)(C)C)N(c2cc(Oc3ccc4c5ccccc5n(-c5cc(C(C)(C)C)ccn5)c4c3)cc(C(C)(C)C)c2)CN1c1ccc(-c2ccccc2)cc1. The van der Waals surface area contributed by atoms with E-state index in [1.54, 1.807) is 0 Å². The summed E-state index contributed by atoms with van der Waals surface area (Å²) in [5.41, 5.74) is 11.7. The average molecular weight is 781 g/mol. The van der Waals surface area contributed by atoms with Gasteiger partial charge in [0.2, 0.25) is 0 Å². The second-order valence-corrected chi connectivity index (χ2v) is 20.4. The Hall–Kier alpha value is -5.81. The molecule has 0 amide bonds. The molecule has 0 fully saturated rings. The van der Waals surface area contributed by atoms with Crippen molar-refractivity contribution in [3.05, 3.63) is 156 Å². The third kappa shape index (κ3) is 7.76. The standard InChI is InChI=1S/C54H60N4O/c1-51(2,3)38-28-29-55-48(32-38)58-46-21-17-16-20-44(46)45-27-26-42(34-47(45)58)59-43-31-39(52(4,5)6)30-41(33-43)57-35-56(49(53(7,8)9)50(57)54(10,11)12)40-24-22-37(23-25-40)36-18-14-13-15-19-36/h13-34H,35H2,1-12H3. The molecule has 5 nitrogen and oxygen atoms in total. The summed E-state index contributed by atoms with van der Waals surface area (Å²) in [6, 6.07) is 45.9. The van der Waals surface area contributed by atoms with Crippen LogP contribution in [0.4, 0.5) is 11.4 Å². The van der Waals surface area contributed by atoms with Crippen LogP contribution >= 0.6 is 0 Å². The zero-order valence-corrected chi connectivity index (χ0v) is 37.1. The molecule has 0 spiro atoms. The van der Waals surface area contributed by atoms with E-state index in [4.69, 9.17) is 9.72 Å². The Kier molecular flexibility index (Phi) is 9.81. The van der Waals surface area contributed by atoms with Gasteiger partial charge in [-0.15, -0.1) is 0 Å². The van der Waals surface area contributed by atoms with Crippen molar-refractivity contribution in [3.8, 4) is 28.4 Å². The van der Waals surface area contributed by atoms with E-state index < -0.39 is 0 Å². The Bertz CT molecular complexity index is 2690. The second kappa shape index (κ2) is 14.5. The van der Waals surface area contributed by atoms with Gasteiger partial charge in [0.1, 0.15) is 17.3 Å². The van der Waals surface area contributed by atoms with E-state index in [9.17, 15) is 0 Å². The molecule has 5 heteroatoms. The molecule has 0 atom stereocenters. The fourth-order valence-electron chi connectivity index (χ4n) is 8.58. The van der Waals surface area contributed by atoms with Crippen molar-refractivity contribution in [1.29, 1.82) is 0 Å². The van der Waals surface area contributed by atoms with E-state index in [2.05, 4.69) is 225 Å². The van der Waals surface area contributed by atoms with Crippen molar-refractivity contribution in [1.82, 2.24) is 9.55 Å². The number of para-hydroxylation sites is 1. The van der Waals surface area contributed by atoms with Gasteiger partial charge >= 0.3 is 0 Å². The molecule has 7 aromatic rings. The summed E-state index contributed by atoms with van der Waals surface area (Å²) in [6.45, 7) is 28.3. The summed E-state index contributed by atoms with van der Waals surface area (Å²) in [5, 5.41) is 2.36. The van der Waals surface area contributed by atoms with Crippen molar-refractivity contribution < 1.29 is 4.74 Å². The molecule has 0 unspecified atom stereocenters. The fourth-order valence-corrected chi connectivity index (χ4v) is 8.58. The number of nitrogens with zero attached hydrogens (tertiary/aromatic N) is 4. The molecule has 2 aromatic heterocycles. The van der Waals surface area contributed by atoms with Gasteiger partial charge in [0.05, 0.1) is 17.7 Å². The quantitative estimate of drug-likeness (QED) is 0.168. The van der Waals surface area contributed by atoms with Gasteiger partial charge in [0.15, 0.2) is 0 Å². The van der Waals surface area contributed by atoms with Crippen LogP contribution in [0.5, 0.6) is 11.5 Å². The molecule has 0 N–H and O–H groups in total. The number of pyridine rings is 1. The van der Waals surface area contributed by atoms with Crippen molar-refractivity contribution in [2.45, 2.75) is 93.9 Å². The van der Waals surface area contributed by atoms with Crippen LogP contribution in [0.25, 0.3) is 38.8 Å². The van der Waals surface area contributed by atoms with E-state index >= 15 is 0 Å². The van der Waals surface area contributed by atoms with Gasteiger partial charge in [-0.2, -0.15) is 0 Å². The van der Waals surface area contributed by atoms with Crippen molar-refractivity contribution in [2.75, 3.05) is 16.5 Å². The molecule has 0 radical (unpaired) electrons. The lowest BCUT2D eigenvalue weighted by atomic mass is 9.81. The molecule has 59 heavy (non-hydrogen) atoms. The minimum Gasteiger partial charge on any atom is -0.457 e. The number of allylic oxidation sites excluding steroid dienone is 2. The number of anilines is 2. The Morgan fingerprint density at radius 1 is 0.458 bits per heavy atom. The number of ether oxygens (including phenoxy) is 1. The highest BCUT2D eigenvalue weighted by Gasteiger charge is 2.42. The first kappa shape index (κ1) is 40.0. The van der Waals surface area contributed by atoms with Gasteiger partial charge < -0.3 is 14.5 Å². The van der Waals surface area contributed by atoms with Gasteiger partial charge in [-0.05, 0) is 87.7 Å². The molecular weight excluding hydrogens is 721 g/mol. The highest BCUT2D eigenvalue weighted by atomic mass is 16.5. The predicted molar refractivity (Wildman–Crippen MR) is 250 cm³/mol. The maximum Gasteiger partial charge on any atom is 0.137 e. The number of rotatable bonds is 6. The summed E-state index contributed by atoms with van der Waals surface area (Å²) in [7, 11) is 0. The zero-order valence-electron chi connectivity index (χ0n) is 37.1. The van der Waals surface area contributed by atoms with Crippen LogP contribution in [0.2, 0.25) is 0 Å². The van der Waals surface area contributed by atoms with Crippen molar-refractivity contribution in [3.63, 3.8) is 0 Å². The van der Waals surface area contributed by atoms with E-state index in [1.807, 2.05) is 6.20 Å². The molecule has 3 heterocycles. The molecule has 1 aliphatic rings. The van der Waals surface area contributed by atoms with Gasteiger partial charge in [-0.3, -0.25) is 4.57 Å². The Balaban J connectivity index is 1.23. The summed E-state index contributed by atoms with van der Waals surface area (Å²) < 4.78 is 9.26. The minimum absolute atomic E-state index is 0.00441. The van der Waals surface area contributed by atoms with Crippen LogP contribution in [0, 0.1) is 10.8 Å². The normalized spacial score (nSPS) is 14.2. The lowest BCUT2D eigenvalue weighted by Gasteiger charge is -2.34. The van der Waals surface area contributed by atoms with Gasteiger partial charge in [-0.25, -0.2) is 4.98 Å². The molecule has 1 aliphatic heterocycles. The molecule has 0 bridgehead atoms. The average Bonchev–Trinajstić information content (AvgIpc) is 3.76. The number of hydrogen-bond acceptors (Lipinski definition) is 4. The number of hydrogen-bond donors (Lipinski definition) is 0. The van der Waals surface area contributed by atoms with E-state index in [-0.39, 0.29) is 21.7 Å². The van der Waals surface area contributed by atoms with Gasteiger partial charge in [0, 0.05) is 62.7 Å². The smallest absolute Gasteiger partial charge is 0.137 e. The largest absolute Gasteiger partial charge is 0.457 e. The lowest BCUT2D eigenvalue weighted by molar-refractivity contribution is 0.444. The maximum atomic E-state index is 6.98. The lowest BCUT2D eigenvalue weighted by Crippen LogP contribution is -2.31. The number of aromatic nitrogens is 2. The first-order valence-electron chi connectivity index (χ1n) is 21.1. The van der Waals surface area contributed by atoms with E-state index in [0.29, 0.717) is 6.67 Å².